The van der Waals surface area contributed by atoms with Gasteiger partial charge in [0, 0.05) is 11.3 Å². The van der Waals surface area contributed by atoms with Crippen molar-refractivity contribution in [1.82, 2.24) is 24.7 Å². The molecule has 1 aromatic carbocycles. The molecule has 1 N–H and O–H groups in total. The molecule has 0 aliphatic heterocycles. The number of aromatic nitrogens is 5. The first-order valence-corrected chi connectivity index (χ1v) is 9.30. The van der Waals surface area contributed by atoms with Crippen molar-refractivity contribution in [3.63, 3.8) is 0 Å². The number of fused-ring (bicyclic) bond motifs is 2. The zero-order valence-electron chi connectivity index (χ0n) is 14.8. The zero-order chi connectivity index (χ0) is 19.6. The highest BCUT2D eigenvalue weighted by molar-refractivity contribution is 6.35. The van der Waals surface area contributed by atoms with Gasteiger partial charge in [0.2, 0.25) is 0 Å². The summed E-state index contributed by atoms with van der Waals surface area (Å²) in [6.45, 7) is 2.05. The van der Waals surface area contributed by atoms with Crippen LogP contribution in [0.3, 0.4) is 0 Å². The number of hydrogen-bond donors (Lipinski definition) is 1. The van der Waals surface area contributed by atoms with Crippen molar-refractivity contribution >= 4 is 33.7 Å². The molecule has 0 spiro atoms. The third kappa shape index (κ3) is 2.74. The monoisotopic (exact) mass is 405 g/mol. The molecule has 0 bridgehead atoms. The Morgan fingerprint density at radius 1 is 1.21 bits per heavy atom. The molecular weight excluding hydrogens is 391 g/mol. The van der Waals surface area contributed by atoms with E-state index >= 15 is 0 Å². The van der Waals surface area contributed by atoms with Crippen molar-refractivity contribution in [2.45, 2.75) is 31.9 Å². The first kappa shape index (κ1) is 17.5. The normalized spacial score (nSPS) is 16.2. The largest absolute Gasteiger partial charge is 0.433 e. The van der Waals surface area contributed by atoms with Crippen LogP contribution in [0.15, 0.2) is 30.5 Å². The van der Waals surface area contributed by atoms with Crippen molar-refractivity contribution in [2.24, 2.45) is 5.92 Å². The lowest BCUT2D eigenvalue weighted by Gasteiger charge is -2.15. The minimum atomic E-state index is -4.53. The van der Waals surface area contributed by atoms with Crippen LogP contribution in [-0.2, 0) is 6.18 Å². The Morgan fingerprint density at radius 2 is 2.00 bits per heavy atom. The van der Waals surface area contributed by atoms with Gasteiger partial charge in [-0.1, -0.05) is 18.5 Å². The van der Waals surface area contributed by atoms with Gasteiger partial charge in [0.25, 0.3) is 0 Å². The highest BCUT2D eigenvalue weighted by Gasteiger charge is 2.35. The average Bonchev–Trinajstić information content (AvgIpc) is 3.25. The van der Waals surface area contributed by atoms with Gasteiger partial charge in [-0.2, -0.15) is 18.3 Å². The van der Waals surface area contributed by atoms with Gasteiger partial charge in [-0.25, -0.2) is 9.97 Å². The van der Waals surface area contributed by atoms with E-state index in [4.69, 9.17) is 11.6 Å². The van der Waals surface area contributed by atoms with Crippen LogP contribution in [-0.4, -0.2) is 24.7 Å². The van der Waals surface area contributed by atoms with Crippen molar-refractivity contribution < 1.29 is 13.2 Å². The summed E-state index contributed by atoms with van der Waals surface area (Å²) in [5.41, 5.74) is 0.962. The summed E-state index contributed by atoms with van der Waals surface area (Å²) in [5.74, 6) is 1.27. The second-order valence-corrected chi connectivity index (χ2v) is 7.64. The number of aromatic amines is 1. The molecule has 28 heavy (non-hydrogen) atoms. The lowest BCUT2D eigenvalue weighted by molar-refractivity contribution is -0.141. The van der Waals surface area contributed by atoms with Crippen LogP contribution in [0.5, 0.6) is 0 Å². The van der Waals surface area contributed by atoms with Crippen LogP contribution in [0.1, 0.15) is 37.2 Å². The number of nitrogens with one attached hydrogen (secondary N) is 1. The van der Waals surface area contributed by atoms with Gasteiger partial charge in [0.05, 0.1) is 22.4 Å². The topological polar surface area (TPSA) is 59.4 Å². The molecule has 1 unspecified atom stereocenters. The molecule has 1 saturated carbocycles. The van der Waals surface area contributed by atoms with Gasteiger partial charge in [0.1, 0.15) is 17.0 Å². The fraction of sp³-hybridized carbons (Fsp3) is 0.316. The molecule has 9 heteroatoms. The highest BCUT2D eigenvalue weighted by Crippen LogP contribution is 2.43. The molecule has 144 valence electrons. The molecule has 0 radical (unpaired) electrons. The van der Waals surface area contributed by atoms with Crippen LogP contribution < -0.4 is 0 Å². The third-order valence-corrected chi connectivity index (χ3v) is 5.60. The number of rotatable bonds is 3. The summed E-state index contributed by atoms with van der Waals surface area (Å²) in [4.78, 5) is 8.55. The van der Waals surface area contributed by atoms with Crippen molar-refractivity contribution in [1.29, 1.82) is 0 Å². The zero-order valence-corrected chi connectivity index (χ0v) is 15.5. The maximum Gasteiger partial charge on any atom is 0.433 e. The minimum absolute atomic E-state index is 0.0994. The van der Waals surface area contributed by atoms with Crippen LogP contribution in [0, 0.1) is 5.92 Å². The summed E-state index contributed by atoms with van der Waals surface area (Å²) in [7, 11) is 0. The van der Waals surface area contributed by atoms with E-state index in [0.29, 0.717) is 33.5 Å². The van der Waals surface area contributed by atoms with Crippen molar-refractivity contribution in [2.75, 3.05) is 0 Å². The Kier molecular flexibility index (Phi) is 3.71. The van der Waals surface area contributed by atoms with E-state index in [1.165, 1.54) is 6.07 Å². The number of hydrogen-bond acceptors (Lipinski definition) is 3. The summed E-state index contributed by atoms with van der Waals surface area (Å²) in [5, 5.41) is 8.01. The fourth-order valence-corrected chi connectivity index (χ4v) is 3.89. The number of halogens is 4. The van der Waals surface area contributed by atoms with Gasteiger partial charge < -0.3 is 0 Å². The average molecular weight is 406 g/mol. The molecule has 3 heterocycles. The van der Waals surface area contributed by atoms with E-state index < -0.39 is 11.9 Å². The van der Waals surface area contributed by atoms with Gasteiger partial charge in [-0.05, 0) is 43.0 Å². The number of benzene rings is 1. The molecule has 1 fully saturated rings. The number of nitrogens with zero attached hydrogens (tertiary/aromatic N) is 4. The molecule has 1 aliphatic rings. The molecular formula is C19H15ClF3N5. The molecule has 3 aromatic heterocycles. The molecule has 0 amide bonds. The van der Waals surface area contributed by atoms with Gasteiger partial charge in [-0.15, -0.1) is 0 Å². The Labute approximate surface area is 162 Å². The van der Waals surface area contributed by atoms with Gasteiger partial charge in [-0.3, -0.25) is 9.67 Å². The van der Waals surface area contributed by atoms with Crippen LogP contribution in [0.2, 0.25) is 5.02 Å². The SMILES string of the molecule is CC(c1nc2ccc(C(F)(F)F)nc2n1-c1cc(Cl)c2[nH]ncc2c1)C1CC1. The molecule has 4 aromatic rings. The van der Waals surface area contributed by atoms with E-state index in [1.54, 1.807) is 16.8 Å². The summed E-state index contributed by atoms with van der Waals surface area (Å²) >= 11 is 6.38. The van der Waals surface area contributed by atoms with Gasteiger partial charge in [0.15, 0.2) is 5.65 Å². The molecule has 1 atom stereocenters. The molecule has 5 nitrogen and oxygen atoms in total. The number of pyridine rings is 1. The highest BCUT2D eigenvalue weighted by atomic mass is 35.5. The first-order valence-electron chi connectivity index (χ1n) is 8.92. The summed E-state index contributed by atoms with van der Waals surface area (Å²) < 4.78 is 41.5. The lowest BCUT2D eigenvalue weighted by atomic mass is 10.1. The van der Waals surface area contributed by atoms with E-state index in [1.807, 2.05) is 6.07 Å². The van der Waals surface area contributed by atoms with E-state index in [0.717, 1.165) is 24.3 Å². The fourth-order valence-electron chi connectivity index (χ4n) is 3.63. The number of H-pyrrole nitrogens is 1. The maximum absolute atomic E-state index is 13.3. The van der Waals surface area contributed by atoms with Crippen molar-refractivity contribution in [3.8, 4) is 5.69 Å². The second-order valence-electron chi connectivity index (χ2n) is 7.23. The lowest BCUT2D eigenvalue weighted by Crippen LogP contribution is -2.10. The quantitative estimate of drug-likeness (QED) is 0.490. The minimum Gasteiger partial charge on any atom is -0.280 e. The van der Waals surface area contributed by atoms with E-state index in [9.17, 15) is 13.2 Å². The smallest absolute Gasteiger partial charge is 0.280 e. The van der Waals surface area contributed by atoms with Crippen LogP contribution in [0.4, 0.5) is 13.2 Å². The second kappa shape index (κ2) is 5.94. The van der Waals surface area contributed by atoms with Crippen LogP contribution >= 0.6 is 11.6 Å². The third-order valence-electron chi connectivity index (χ3n) is 5.30. The summed E-state index contributed by atoms with van der Waals surface area (Å²) in [6, 6.07) is 5.88. The molecule has 1 aliphatic carbocycles. The number of imidazole rings is 1. The summed E-state index contributed by atoms with van der Waals surface area (Å²) in [6.07, 6.45) is -0.722. The van der Waals surface area contributed by atoms with Crippen LogP contribution in [0.25, 0.3) is 27.8 Å². The molecule has 0 saturated heterocycles. The Balaban J connectivity index is 1.81. The van der Waals surface area contributed by atoms with E-state index in [-0.39, 0.29) is 11.6 Å². The van der Waals surface area contributed by atoms with Gasteiger partial charge >= 0.3 is 6.18 Å². The predicted molar refractivity (Wildman–Crippen MR) is 99.7 cm³/mol. The first-order chi connectivity index (χ1) is 13.3. The predicted octanol–water partition coefficient (Wildman–Crippen LogP) is 5.48. The molecule has 5 rings (SSSR count). The van der Waals surface area contributed by atoms with E-state index in [2.05, 4.69) is 27.1 Å². The van der Waals surface area contributed by atoms with Crippen molar-refractivity contribution in [3.05, 3.63) is 47.0 Å². The number of alkyl halides is 3. The Morgan fingerprint density at radius 3 is 2.71 bits per heavy atom. The maximum atomic E-state index is 13.3. The Bertz CT molecular complexity index is 1210. The Hall–Kier alpha value is -2.61. The standard InChI is InChI=1S/C19H15ClF3N5/c1-9(10-2-3-10)17-25-14-4-5-15(19(21,22)23)26-18(14)28(17)12-6-11-8-24-27-16(11)13(20)7-12/h4-10H,2-3H2,1H3,(H,24,27).